The van der Waals surface area contributed by atoms with Gasteiger partial charge in [-0.15, -0.1) is 0 Å². The standard InChI is InChI=1S/C21H15F3N2O2/c22-21(23,24)14-8-6-13(7-9-14)18-15(12-25)20(26-10-1-2-11-26)28-17-5-3-4-16(27)19(17)18/h1-2,6-11,18H,3-5H2. The SMILES string of the molecule is N#CC1=C(n2cccc2)OC2=C(C(=O)CCC2)C1c1ccc(C(F)(F)F)cc1. The zero-order valence-corrected chi connectivity index (χ0v) is 14.7. The molecule has 0 bridgehead atoms. The van der Waals surface area contributed by atoms with Crippen LogP contribution in [-0.4, -0.2) is 10.4 Å². The number of alkyl halides is 3. The summed E-state index contributed by atoms with van der Waals surface area (Å²) in [6.07, 6.45) is 0.486. The van der Waals surface area contributed by atoms with Gasteiger partial charge in [-0.25, -0.2) is 0 Å². The van der Waals surface area contributed by atoms with Gasteiger partial charge in [-0.05, 0) is 36.2 Å². The van der Waals surface area contributed by atoms with Crippen LogP contribution in [0.1, 0.15) is 36.3 Å². The highest BCUT2D eigenvalue weighted by Gasteiger charge is 2.39. The van der Waals surface area contributed by atoms with Crippen LogP contribution in [0.15, 0.2) is 65.7 Å². The van der Waals surface area contributed by atoms with Crippen LogP contribution in [0.3, 0.4) is 0 Å². The van der Waals surface area contributed by atoms with E-state index < -0.39 is 17.7 Å². The number of allylic oxidation sites excluding steroid dienone is 3. The Bertz CT molecular complexity index is 1020. The highest BCUT2D eigenvalue weighted by molar-refractivity contribution is 6.00. The summed E-state index contributed by atoms with van der Waals surface area (Å²) in [5.74, 6) is -0.110. The molecule has 0 amide bonds. The number of nitriles is 1. The Morgan fingerprint density at radius 2 is 1.79 bits per heavy atom. The van der Waals surface area contributed by atoms with Gasteiger partial charge in [0.15, 0.2) is 5.78 Å². The van der Waals surface area contributed by atoms with E-state index in [4.69, 9.17) is 4.74 Å². The lowest BCUT2D eigenvalue weighted by atomic mass is 9.77. The van der Waals surface area contributed by atoms with Gasteiger partial charge in [-0.2, -0.15) is 18.4 Å². The summed E-state index contributed by atoms with van der Waals surface area (Å²) in [4.78, 5) is 12.6. The first kappa shape index (κ1) is 18.1. The smallest absolute Gasteiger partial charge is 0.416 e. The number of ether oxygens (including phenoxy) is 1. The van der Waals surface area contributed by atoms with Gasteiger partial charge in [0.25, 0.3) is 0 Å². The summed E-state index contributed by atoms with van der Waals surface area (Å²) >= 11 is 0. The second kappa shape index (κ2) is 6.71. The van der Waals surface area contributed by atoms with Gasteiger partial charge in [-0.1, -0.05) is 12.1 Å². The van der Waals surface area contributed by atoms with Crippen LogP contribution in [0.5, 0.6) is 0 Å². The summed E-state index contributed by atoms with van der Waals surface area (Å²) in [6.45, 7) is 0. The zero-order valence-electron chi connectivity index (χ0n) is 14.7. The summed E-state index contributed by atoms with van der Waals surface area (Å²) in [6, 6.07) is 10.3. The van der Waals surface area contributed by atoms with Gasteiger partial charge in [-0.3, -0.25) is 9.36 Å². The molecule has 7 heteroatoms. The largest absolute Gasteiger partial charge is 0.443 e. The molecule has 0 radical (unpaired) electrons. The quantitative estimate of drug-likeness (QED) is 0.731. The number of nitrogens with zero attached hydrogens (tertiary/aromatic N) is 2. The van der Waals surface area contributed by atoms with Gasteiger partial charge in [0, 0.05) is 30.8 Å². The van der Waals surface area contributed by atoms with Gasteiger partial charge in [0.1, 0.15) is 17.4 Å². The van der Waals surface area contributed by atoms with E-state index in [0.717, 1.165) is 12.1 Å². The molecule has 0 saturated carbocycles. The number of ketones is 1. The lowest BCUT2D eigenvalue weighted by Crippen LogP contribution is -2.26. The van der Waals surface area contributed by atoms with E-state index in [0.29, 0.717) is 36.2 Å². The molecule has 1 atom stereocenters. The van der Waals surface area contributed by atoms with Crippen molar-refractivity contribution in [3.63, 3.8) is 0 Å². The molecule has 2 aromatic rings. The average molecular weight is 384 g/mol. The molecule has 0 fully saturated rings. The molecule has 1 aliphatic heterocycles. The number of carbonyl (C=O) groups is 1. The molecule has 0 spiro atoms. The maximum absolute atomic E-state index is 12.9. The Hall–Kier alpha value is -3.27. The maximum atomic E-state index is 12.9. The number of rotatable bonds is 2. The molecule has 28 heavy (non-hydrogen) atoms. The van der Waals surface area contributed by atoms with Gasteiger partial charge in [0.2, 0.25) is 5.88 Å². The van der Waals surface area contributed by atoms with E-state index >= 15 is 0 Å². The third-order valence-electron chi connectivity index (χ3n) is 4.97. The second-order valence-electron chi connectivity index (χ2n) is 6.69. The van der Waals surface area contributed by atoms with Crippen molar-refractivity contribution in [3.05, 3.63) is 76.8 Å². The highest BCUT2D eigenvalue weighted by Crippen LogP contribution is 2.45. The van der Waals surface area contributed by atoms with Crippen molar-refractivity contribution >= 4 is 11.7 Å². The van der Waals surface area contributed by atoms with Crippen LogP contribution in [0, 0.1) is 11.3 Å². The van der Waals surface area contributed by atoms with Gasteiger partial charge >= 0.3 is 6.18 Å². The van der Waals surface area contributed by atoms with Crippen molar-refractivity contribution in [1.82, 2.24) is 4.57 Å². The van der Waals surface area contributed by atoms with Crippen LogP contribution >= 0.6 is 0 Å². The summed E-state index contributed by atoms with van der Waals surface area (Å²) in [5.41, 5.74) is 0.254. The lowest BCUT2D eigenvalue weighted by molar-refractivity contribution is -0.137. The second-order valence-corrected chi connectivity index (χ2v) is 6.69. The first-order valence-electron chi connectivity index (χ1n) is 8.79. The Labute approximate surface area is 159 Å². The molecule has 0 saturated heterocycles. The maximum Gasteiger partial charge on any atom is 0.416 e. The van der Waals surface area contributed by atoms with E-state index in [2.05, 4.69) is 6.07 Å². The lowest BCUT2D eigenvalue weighted by Gasteiger charge is -2.32. The summed E-state index contributed by atoms with van der Waals surface area (Å²) < 4.78 is 46.4. The minimum atomic E-state index is -4.45. The molecule has 1 aromatic carbocycles. The van der Waals surface area contributed by atoms with Crippen LogP contribution in [0.25, 0.3) is 5.88 Å². The van der Waals surface area contributed by atoms with E-state index in [9.17, 15) is 23.2 Å². The van der Waals surface area contributed by atoms with E-state index in [-0.39, 0.29) is 17.2 Å². The predicted molar refractivity (Wildman–Crippen MR) is 94.4 cm³/mol. The molecule has 1 aromatic heterocycles. The Kier molecular flexibility index (Phi) is 4.34. The highest BCUT2D eigenvalue weighted by atomic mass is 19.4. The van der Waals surface area contributed by atoms with Crippen molar-refractivity contribution in [2.75, 3.05) is 0 Å². The Morgan fingerprint density at radius 3 is 2.39 bits per heavy atom. The summed E-state index contributed by atoms with van der Waals surface area (Å²) in [7, 11) is 0. The fourth-order valence-electron chi connectivity index (χ4n) is 3.67. The van der Waals surface area contributed by atoms with Crippen molar-refractivity contribution in [2.45, 2.75) is 31.4 Å². The topological polar surface area (TPSA) is 55.0 Å². The van der Waals surface area contributed by atoms with E-state index in [1.54, 1.807) is 29.1 Å². The van der Waals surface area contributed by atoms with Crippen LogP contribution in [0.2, 0.25) is 0 Å². The molecule has 4 rings (SSSR count). The average Bonchev–Trinajstić information content (AvgIpc) is 3.21. The number of hydrogen-bond donors (Lipinski definition) is 0. The molecule has 0 N–H and O–H groups in total. The predicted octanol–water partition coefficient (Wildman–Crippen LogP) is 5.02. The van der Waals surface area contributed by atoms with Crippen molar-refractivity contribution < 1.29 is 22.7 Å². The molecule has 1 aliphatic carbocycles. The third-order valence-corrected chi connectivity index (χ3v) is 4.97. The number of benzene rings is 1. The van der Waals surface area contributed by atoms with Gasteiger partial charge < -0.3 is 4.74 Å². The molecular weight excluding hydrogens is 369 g/mol. The monoisotopic (exact) mass is 384 g/mol. The number of carbonyl (C=O) groups excluding carboxylic acids is 1. The fourth-order valence-corrected chi connectivity index (χ4v) is 3.67. The Morgan fingerprint density at radius 1 is 1.11 bits per heavy atom. The van der Waals surface area contributed by atoms with Crippen molar-refractivity contribution in [2.24, 2.45) is 0 Å². The van der Waals surface area contributed by atoms with Crippen molar-refractivity contribution in [3.8, 4) is 6.07 Å². The molecule has 1 unspecified atom stereocenters. The molecule has 142 valence electrons. The van der Waals surface area contributed by atoms with E-state index in [1.165, 1.54) is 12.1 Å². The van der Waals surface area contributed by atoms with Gasteiger partial charge in [0.05, 0.1) is 11.5 Å². The number of hydrogen-bond acceptors (Lipinski definition) is 3. The minimum absolute atomic E-state index is 0.134. The first-order chi connectivity index (χ1) is 13.4. The molecule has 4 nitrogen and oxygen atoms in total. The number of halogens is 3. The molecular formula is C21H15F3N2O2. The summed E-state index contributed by atoms with van der Waals surface area (Å²) in [5, 5.41) is 9.84. The first-order valence-corrected chi connectivity index (χ1v) is 8.79. The number of Topliss-reactive ketones (excluding diaryl/α,β-unsaturated/α-hetero) is 1. The molecule has 2 heterocycles. The fraction of sp³-hybridized carbons (Fsp3) is 0.238. The van der Waals surface area contributed by atoms with Crippen LogP contribution < -0.4 is 0 Å². The van der Waals surface area contributed by atoms with Crippen LogP contribution in [-0.2, 0) is 15.7 Å². The third kappa shape index (κ3) is 3.01. The normalized spacial score (nSPS) is 19.9. The van der Waals surface area contributed by atoms with Crippen molar-refractivity contribution in [1.29, 1.82) is 5.26 Å². The Balaban J connectivity index is 1.89. The minimum Gasteiger partial charge on any atom is -0.443 e. The van der Waals surface area contributed by atoms with E-state index in [1.807, 2.05) is 0 Å². The number of aromatic nitrogens is 1. The van der Waals surface area contributed by atoms with Crippen LogP contribution in [0.4, 0.5) is 13.2 Å². The zero-order chi connectivity index (χ0) is 19.9. The molecule has 2 aliphatic rings.